The Labute approximate surface area is 187 Å². The minimum absolute atomic E-state index is 0.262. The number of nitrogens with zero attached hydrogens (tertiary/aromatic N) is 2. The molecule has 0 aliphatic heterocycles. The molecule has 12 nitrogen and oxygen atoms in total. The van der Waals surface area contributed by atoms with E-state index in [4.69, 9.17) is 8.37 Å². The summed E-state index contributed by atoms with van der Waals surface area (Å²) < 4.78 is 60.0. The number of benzene rings is 3. The molecule has 0 aromatic heterocycles. The number of aryl methyl sites for hydroxylation is 1. The number of non-ortho nitro benzene ring substituents is 2. The van der Waals surface area contributed by atoms with Gasteiger partial charge in [-0.3, -0.25) is 20.2 Å². The molecule has 0 saturated carbocycles. The van der Waals surface area contributed by atoms with Gasteiger partial charge in [-0.25, -0.2) is 0 Å². The molecule has 0 saturated heterocycles. The Hall–Kier alpha value is -4.04. The summed E-state index contributed by atoms with van der Waals surface area (Å²) in [7, 11) is -8.78. The third-order valence-electron chi connectivity index (χ3n) is 4.11. The summed E-state index contributed by atoms with van der Waals surface area (Å²) in [5.41, 5.74) is -0.214. The maximum absolute atomic E-state index is 12.5. The highest BCUT2D eigenvalue weighted by atomic mass is 32.2. The van der Waals surface area contributed by atoms with Crippen molar-refractivity contribution in [3.63, 3.8) is 0 Å². The van der Waals surface area contributed by atoms with Gasteiger partial charge in [0.15, 0.2) is 0 Å². The first-order valence-corrected chi connectivity index (χ1v) is 11.7. The molecule has 0 aliphatic rings. The Kier molecular flexibility index (Phi) is 6.32. The van der Waals surface area contributed by atoms with Crippen molar-refractivity contribution in [1.29, 1.82) is 0 Å². The standard InChI is InChI=1S/C19H14N2O10S2/c1-13-10-16(30-32(26,27)18-6-2-14(3-7-18)20(22)23)12-17(11-13)31-33(28,29)19-8-4-15(5-9-19)21(24)25/h2-12H,1H3. The molecule has 0 amide bonds. The predicted molar refractivity (Wildman–Crippen MR) is 113 cm³/mol. The normalized spacial score (nSPS) is 11.5. The highest BCUT2D eigenvalue weighted by Crippen LogP contribution is 2.28. The Bertz CT molecular complexity index is 1330. The highest BCUT2D eigenvalue weighted by Gasteiger charge is 2.21. The molecular weight excluding hydrogens is 480 g/mol. The molecule has 3 aromatic rings. The number of nitro benzene ring substituents is 2. The fourth-order valence-corrected chi connectivity index (χ4v) is 4.46. The largest absolute Gasteiger partial charge is 0.379 e. The Morgan fingerprint density at radius 3 is 1.27 bits per heavy atom. The lowest BCUT2D eigenvalue weighted by atomic mass is 10.2. The minimum Gasteiger partial charge on any atom is -0.379 e. The van der Waals surface area contributed by atoms with Gasteiger partial charge in [0.05, 0.1) is 9.85 Å². The summed E-state index contributed by atoms with van der Waals surface area (Å²) in [5, 5.41) is 21.4. The van der Waals surface area contributed by atoms with Crippen LogP contribution in [0, 0.1) is 27.2 Å². The fraction of sp³-hybridized carbons (Fsp3) is 0.0526. The van der Waals surface area contributed by atoms with Crippen molar-refractivity contribution in [2.24, 2.45) is 0 Å². The van der Waals surface area contributed by atoms with E-state index in [1.165, 1.54) is 19.1 Å². The molecular formula is C19H14N2O10S2. The summed E-state index contributed by atoms with van der Waals surface area (Å²) in [4.78, 5) is 19.4. The van der Waals surface area contributed by atoms with Gasteiger partial charge in [-0.1, -0.05) is 0 Å². The van der Waals surface area contributed by atoms with Gasteiger partial charge in [-0.15, -0.1) is 0 Å². The van der Waals surface area contributed by atoms with Crippen molar-refractivity contribution in [3.8, 4) is 11.5 Å². The molecule has 0 aliphatic carbocycles. The van der Waals surface area contributed by atoms with E-state index < -0.39 is 30.1 Å². The van der Waals surface area contributed by atoms with E-state index in [1.54, 1.807) is 0 Å². The molecule has 0 radical (unpaired) electrons. The highest BCUT2D eigenvalue weighted by molar-refractivity contribution is 7.87. The molecule has 0 bridgehead atoms. The monoisotopic (exact) mass is 494 g/mol. The van der Waals surface area contributed by atoms with Crippen molar-refractivity contribution >= 4 is 31.6 Å². The summed E-state index contributed by atoms with van der Waals surface area (Å²) in [5.74, 6) is -0.524. The molecule has 0 atom stereocenters. The van der Waals surface area contributed by atoms with Crippen LogP contribution in [0.2, 0.25) is 0 Å². The van der Waals surface area contributed by atoms with Gasteiger partial charge in [0.1, 0.15) is 21.3 Å². The van der Waals surface area contributed by atoms with Crippen LogP contribution in [0.5, 0.6) is 11.5 Å². The van der Waals surface area contributed by atoms with Crippen LogP contribution in [0.3, 0.4) is 0 Å². The topological polar surface area (TPSA) is 173 Å². The molecule has 0 N–H and O–H groups in total. The van der Waals surface area contributed by atoms with Crippen molar-refractivity contribution in [1.82, 2.24) is 0 Å². The molecule has 0 spiro atoms. The molecule has 0 fully saturated rings. The second-order valence-electron chi connectivity index (χ2n) is 6.56. The summed E-state index contributed by atoms with van der Waals surface area (Å²) in [6, 6.07) is 11.6. The van der Waals surface area contributed by atoms with Crippen molar-refractivity contribution < 1.29 is 35.0 Å². The van der Waals surface area contributed by atoms with Gasteiger partial charge in [-0.2, -0.15) is 16.8 Å². The lowest BCUT2D eigenvalue weighted by Crippen LogP contribution is -2.12. The zero-order valence-corrected chi connectivity index (χ0v) is 18.3. The van der Waals surface area contributed by atoms with Crippen LogP contribution in [-0.2, 0) is 20.2 Å². The number of rotatable bonds is 8. The van der Waals surface area contributed by atoms with Crippen molar-refractivity contribution in [2.75, 3.05) is 0 Å². The average Bonchev–Trinajstić information content (AvgIpc) is 2.72. The van der Waals surface area contributed by atoms with Crippen LogP contribution in [-0.4, -0.2) is 26.7 Å². The first-order chi connectivity index (χ1) is 15.4. The number of hydrogen-bond acceptors (Lipinski definition) is 10. The SMILES string of the molecule is Cc1cc(OS(=O)(=O)c2ccc([N+](=O)[O-])cc2)cc(OS(=O)(=O)c2ccc([N+](=O)[O-])cc2)c1. The zero-order chi connectivity index (χ0) is 24.4. The molecule has 0 unspecified atom stereocenters. The first kappa shape index (κ1) is 23.6. The minimum atomic E-state index is -4.39. The quantitative estimate of drug-likeness (QED) is 0.257. The third-order valence-corrected chi connectivity index (χ3v) is 6.63. The Morgan fingerprint density at radius 1 is 0.636 bits per heavy atom. The third kappa shape index (κ3) is 5.61. The van der Waals surface area contributed by atoms with Gasteiger partial charge < -0.3 is 8.37 Å². The van der Waals surface area contributed by atoms with E-state index in [0.717, 1.165) is 54.6 Å². The summed E-state index contributed by atoms with van der Waals surface area (Å²) in [6.45, 7) is 1.54. The lowest BCUT2D eigenvalue weighted by Gasteiger charge is -2.11. The lowest BCUT2D eigenvalue weighted by molar-refractivity contribution is -0.385. The van der Waals surface area contributed by atoms with Gasteiger partial charge in [0.2, 0.25) is 0 Å². The average molecular weight is 494 g/mol. The van der Waals surface area contributed by atoms with Crippen LogP contribution in [0.4, 0.5) is 11.4 Å². The Balaban J connectivity index is 1.85. The predicted octanol–water partition coefficient (Wildman–Crippen LogP) is 3.35. The van der Waals surface area contributed by atoms with Gasteiger partial charge >= 0.3 is 20.2 Å². The van der Waals surface area contributed by atoms with Gasteiger partial charge in [0, 0.05) is 30.3 Å². The van der Waals surface area contributed by atoms with E-state index in [0.29, 0.717) is 5.56 Å². The van der Waals surface area contributed by atoms with Gasteiger partial charge in [0.25, 0.3) is 11.4 Å². The van der Waals surface area contributed by atoms with Crippen LogP contribution < -0.4 is 8.37 Å². The van der Waals surface area contributed by atoms with E-state index in [2.05, 4.69) is 0 Å². The fourth-order valence-electron chi connectivity index (χ4n) is 2.63. The molecule has 172 valence electrons. The van der Waals surface area contributed by atoms with Crippen LogP contribution in [0.15, 0.2) is 76.5 Å². The molecule has 14 heteroatoms. The summed E-state index contributed by atoms with van der Waals surface area (Å²) >= 11 is 0. The van der Waals surface area contributed by atoms with Gasteiger partial charge in [-0.05, 0) is 48.9 Å². The molecule has 3 aromatic carbocycles. The van der Waals surface area contributed by atoms with Crippen LogP contribution in [0.25, 0.3) is 0 Å². The Morgan fingerprint density at radius 2 is 0.970 bits per heavy atom. The number of hydrogen-bond donors (Lipinski definition) is 0. The molecule has 3 rings (SSSR count). The van der Waals surface area contributed by atoms with Crippen molar-refractivity contribution in [2.45, 2.75) is 16.7 Å². The van der Waals surface area contributed by atoms with E-state index in [9.17, 15) is 37.1 Å². The van der Waals surface area contributed by atoms with E-state index >= 15 is 0 Å². The van der Waals surface area contributed by atoms with E-state index in [-0.39, 0.29) is 32.7 Å². The second kappa shape index (κ2) is 8.84. The molecule has 0 heterocycles. The van der Waals surface area contributed by atoms with E-state index in [1.807, 2.05) is 0 Å². The number of nitro groups is 2. The maximum Gasteiger partial charge on any atom is 0.339 e. The van der Waals surface area contributed by atoms with Crippen molar-refractivity contribution in [3.05, 3.63) is 92.5 Å². The molecule has 33 heavy (non-hydrogen) atoms. The first-order valence-electron chi connectivity index (χ1n) is 8.87. The maximum atomic E-state index is 12.5. The second-order valence-corrected chi connectivity index (χ2v) is 9.65. The zero-order valence-electron chi connectivity index (χ0n) is 16.6. The van der Waals surface area contributed by atoms with Crippen LogP contribution in [0.1, 0.15) is 5.56 Å². The smallest absolute Gasteiger partial charge is 0.339 e. The summed E-state index contributed by atoms with van der Waals surface area (Å²) in [6.07, 6.45) is 0. The van der Waals surface area contributed by atoms with Crippen LogP contribution >= 0.6 is 0 Å².